The first-order valence-electron chi connectivity index (χ1n) is 21.2. The zero-order valence-corrected chi connectivity index (χ0v) is 34.5. The Hall–Kier alpha value is -7.30. The highest BCUT2D eigenvalue weighted by Gasteiger charge is 2.43. The molecule has 2 aliphatic heterocycles. The number of benzene rings is 9. The minimum atomic E-state index is 0.0368. The third-order valence-corrected chi connectivity index (χ3v) is 12.0. The maximum absolute atomic E-state index is 2.53. The molecule has 0 aromatic heterocycles. The lowest BCUT2D eigenvalue weighted by molar-refractivity contribution is 1.19. The summed E-state index contributed by atoms with van der Waals surface area (Å²) in [5, 5.41) is 7.62. The Kier molecular flexibility index (Phi) is 9.54. The second-order valence-corrected chi connectivity index (χ2v) is 15.2. The van der Waals surface area contributed by atoms with Crippen molar-refractivity contribution in [2.75, 3.05) is 14.7 Å². The average molecular weight is 772 g/mol. The van der Waals surface area contributed by atoms with Crippen LogP contribution < -0.4 is 31.1 Å². The monoisotopic (exact) mass is 771 g/mol. The molecule has 0 saturated heterocycles. The van der Waals surface area contributed by atoms with Gasteiger partial charge in [-0.2, -0.15) is 0 Å². The van der Waals surface area contributed by atoms with E-state index in [-0.39, 0.29) is 6.71 Å². The molecular weight excluding hydrogens is 725 g/mol. The summed E-state index contributed by atoms with van der Waals surface area (Å²) in [6.45, 7) is 8.27. The first-order valence-corrected chi connectivity index (χ1v) is 21.2. The van der Waals surface area contributed by atoms with Crippen LogP contribution in [-0.4, -0.2) is 6.71 Å². The van der Waals surface area contributed by atoms with Crippen molar-refractivity contribution in [2.24, 2.45) is 0 Å². The topological polar surface area (TPSA) is 9.72 Å². The van der Waals surface area contributed by atoms with Crippen LogP contribution in [0.5, 0.6) is 0 Å². The fraction of sp³-hybridized carbons (Fsp3) is 0.0714. The second-order valence-electron chi connectivity index (χ2n) is 15.2. The van der Waals surface area contributed by atoms with E-state index in [0.29, 0.717) is 0 Å². The van der Waals surface area contributed by atoms with Gasteiger partial charge in [0.15, 0.2) is 0 Å². The summed E-state index contributed by atoms with van der Waals surface area (Å²) in [6.07, 6.45) is 6.58. The molecule has 9 aromatic rings. The zero-order valence-electron chi connectivity index (χ0n) is 34.5. The molecule has 2 heterocycles. The Balaban J connectivity index is 0.00000213. The number of anilines is 8. The van der Waals surface area contributed by atoms with E-state index < -0.39 is 0 Å². The molecule has 0 amide bonds. The number of para-hydroxylation sites is 3. The van der Waals surface area contributed by atoms with Crippen molar-refractivity contribution >= 4 is 101 Å². The summed E-state index contributed by atoms with van der Waals surface area (Å²) >= 11 is 0. The van der Waals surface area contributed by atoms with Crippen LogP contribution in [0, 0.1) is 0 Å². The van der Waals surface area contributed by atoms with Gasteiger partial charge in [-0.3, -0.25) is 0 Å². The van der Waals surface area contributed by atoms with Crippen molar-refractivity contribution in [3.8, 4) is 0 Å². The smallest absolute Gasteiger partial charge is 0.252 e. The largest absolute Gasteiger partial charge is 0.312 e. The highest BCUT2D eigenvalue weighted by atomic mass is 15.2. The van der Waals surface area contributed by atoms with Crippen molar-refractivity contribution in [2.45, 2.75) is 27.7 Å². The third kappa shape index (κ3) is 5.82. The summed E-state index contributed by atoms with van der Waals surface area (Å²) < 4.78 is 0. The highest BCUT2D eigenvalue weighted by Crippen LogP contribution is 2.46. The maximum atomic E-state index is 2.53. The van der Waals surface area contributed by atoms with E-state index in [0.717, 1.165) is 28.4 Å². The molecule has 0 fully saturated rings. The van der Waals surface area contributed by atoms with Gasteiger partial charge in [-0.1, -0.05) is 147 Å². The summed E-state index contributed by atoms with van der Waals surface area (Å²) in [7, 11) is 0. The molecule has 0 radical (unpaired) electrons. The summed E-state index contributed by atoms with van der Waals surface area (Å²) in [5.41, 5.74) is 14.3. The molecule has 0 aliphatic carbocycles. The van der Waals surface area contributed by atoms with Gasteiger partial charge < -0.3 is 14.7 Å². The number of fused-ring (bicyclic) bond motifs is 10. The fourth-order valence-electron chi connectivity index (χ4n) is 9.67. The third-order valence-electron chi connectivity index (χ3n) is 12.0. The molecule has 0 N–H and O–H groups in total. The van der Waals surface area contributed by atoms with Crippen LogP contribution in [0.15, 0.2) is 212 Å². The predicted molar refractivity (Wildman–Crippen MR) is 261 cm³/mol. The van der Waals surface area contributed by atoms with E-state index >= 15 is 0 Å². The second kappa shape index (κ2) is 15.5. The van der Waals surface area contributed by atoms with Gasteiger partial charge in [0.1, 0.15) is 0 Å². The lowest BCUT2D eigenvalue weighted by Crippen LogP contribution is -2.61. The van der Waals surface area contributed by atoms with Crippen LogP contribution in [0.25, 0.3) is 32.3 Å². The number of rotatable bonds is 6. The molecule has 0 saturated carbocycles. The number of nitrogens with zero attached hydrogens (tertiary/aromatic N) is 3. The summed E-state index contributed by atoms with van der Waals surface area (Å²) in [4.78, 5) is 7.36. The molecule has 60 heavy (non-hydrogen) atoms. The van der Waals surface area contributed by atoms with E-state index in [1.165, 1.54) is 71.5 Å². The van der Waals surface area contributed by atoms with Crippen molar-refractivity contribution < 1.29 is 0 Å². The Morgan fingerprint density at radius 3 is 1.62 bits per heavy atom. The Morgan fingerprint density at radius 2 is 0.983 bits per heavy atom. The Morgan fingerprint density at radius 1 is 0.450 bits per heavy atom. The molecule has 0 atom stereocenters. The first-order chi connectivity index (χ1) is 29.7. The fourth-order valence-corrected chi connectivity index (χ4v) is 9.67. The normalized spacial score (nSPS) is 12.9. The van der Waals surface area contributed by atoms with Gasteiger partial charge in [0.05, 0.1) is 0 Å². The van der Waals surface area contributed by atoms with Crippen LogP contribution >= 0.6 is 0 Å². The zero-order chi connectivity index (χ0) is 40.7. The lowest BCUT2D eigenvalue weighted by Gasteiger charge is -2.44. The van der Waals surface area contributed by atoms with E-state index in [2.05, 4.69) is 235 Å². The predicted octanol–water partition coefficient (Wildman–Crippen LogP) is 13.9. The summed E-state index contributed by atoms with van der Waals surface area (Å²) in [6, 6.07) is 69.2. The molecule has 4 heteroatoms. The van der Waals surface area contributed by atoms with Crippen LogP contribution in [0.1, 0.15) is 27.7 Å². The van der Waals surface area contributed by atoms with Gasteiger partial charge in [-0.15, -0.1) is 0 Å². The quantitative estimate of drug-likeness (QED) is 0.0947. The van der Waals surface area contributed by atoms with Gasteiger partial charge >= 0.3 is 0 Å². The first kappa shape index (κ1) is 37.0. The molecule has 288 valence electrons. The number of hydrogen-bond acceptors (Lipinski definition) is 3. The minimum absolute atomic E-state index is 0.0368. The van der Waals surface area contributed by atoms with Gasteiger partial charge in [0, 0.05) is 51.2 Å². The highest BCUT2D eigenvalue weighted by molar-refractivity contribution is 7.00. The van der Waals surface area contributed by atoms with Crippen LogP contribution in [-0.2, 0) is 0 Å². The van der Waals surface area contributed by atoms with E-state index in [9.17, 15) is 0 Å². The molecular formula is C56H46BN3. The van der Waals surface area contributed by atoms with Crippen molar-refractivity contribution in [3.05, 3.63) is 212 Å². The van der Waals surface area contributed by atoms with Gasteiger partial charge in [0.2, 0.25) is 0 Å². The molecule has 2 aliphatic rings. The minimum Gasteiger partial charge on any atom is -0.312 e. The standard InChI is InChI=1S/C54H40BN3.C2H6/c1-3-18-37(4-2)57-50-28-16-15-27-48(50)55-49-34-32-41(56(38-19-7-5-8-20-38)39-21-9-6-10-22-39)36-53(49)58(52-30-17-29-51(57)54(52)55)40-31-33-46-44-25-12-11-23-42(44)43-24-13-14-26-45(43)47(46)35-40;1-2/h3-36H,1-2H3;1-2H3/b18-3-,37-4+;. The van der Waals surface area contributed by atoms with Gasteiger partial charge in [-0.05, 0) is 135 Å². The maximum Gasteiger partial charge on any atom is 0.252 e. The van der Waals surface area contributed by atoms with E-state index in [1.54, 1.807) is 0 Å². The van der Waals surface area contributed by atoms with Gasteiger partial charge in [-0.25, -0.2) is 0 Å². The molecule has 11 rings (SSSR count). The van der Waals surface area contributed by atoms with Crippen LogP contribution in [0.3, 0.4) is 0 Å². The van der Waals surface area contributed by atoms with Gasteiger partial charge in [0.25, 0.3) is 6.71 Å². The molecule has 9 aromatic carbocycles. The lowest BCUT2D eigenvalue weighted by atomic mass is 9.33. The van der Waals surface area contributed by atoms with E-state index in [4.69, 9.17) is 0 Å². The molecule has 0 unspecified atom stereocenters. The molecule has 0 spiro atoms. The Bertz CT molecular complexity index is 3040. The van der Waals surface area contributed by atoms with Crippen LogP contribution in [0.2, 0.25) is 0 Å². The van der Waals surface area contributed by atoms with Crippen molar-refractivity contribution in [1.29, 1.82) is 0 Å². The molecule has 3 nitrogen and oxygen atoms in total. The van der Waals surface area contributed by atoms with Crippen LogP contribution in [0.4, 0.5) is 45.5 Å². The van der Waals surface area contributed by atoms with Crippen molar-refractivity contribution in [1.82, 2.24) is 0 Å². The summed E-state index contributed by atoms with van der Waals surface area (Å²) in [5.74, 6) is 0. The Labute approximate surface area is 353 Å². The molecule has 0 bridgehead atoms. The number of allylic oxidation sites excluding steroid dienone is 3. The average Bonchev–Trinajstić information content (AvgIpc) is 3.32. The van der Waals surface area contributed by atoms with Crippen molar-refractivity contribution in [3.63, 3.8) is 0 Å². The van der Waals surface area contributed by atoms with E-state index in [1.807, 2.05) is 13.8 Å². The number of hydrogen-bond donors (Lipinski definition) is 0. The SMILES string of the molecule is C/C=C\C(=C/C)N1c2ccccc2B2c3ccc(N(c4ccccc4)c4ccccc4)cc3N(c3ccc4c5ccccc5c5ccccc5c4c3)c3cccc1c32.CC.